The quantitative estimate of drug-likeness (QED) is 0.572. The molecule has 0 aliphatic carbocycles. The predicted molar refractivity (Wildman–Crippen MR) is 140 cm³/mol. The first-order valence-corrected chi connectivity index (χ1v) is 12.5. The van der Waals surface area contributed by atoms with Gasteiger partial charge in [0.05, 0.1) is 13.0 Å². The Morgan fingerprint density at radius 2 is 1.54 bits per heavy atom. The molecule has 1 aliphatic heterocycles. The number of hydrogen-bond acceptors (Lipinski definition) is 4. The number of anilines is 1. The van der Waals surface area contributed by atoms with Crippen molar-refractivity contribution in [2.75, 3.05) is 44.7 Å². The number of nitrogens with zero attached hydrogens (tertiary/aromatic N) is 3. The normalized spacial score (nSPS) is 13.7. The van der Waals surface area contributed by atoms with E-state index in [1.54, 1.807) is 25.2 Å². The standard InChI is InChI=1S/C26H32Cl2N4O3/c1-18(2)29-26(35)30(3)17-21(33)15-19-7-9-20(10-8-19)31-11-13-32(14-12-31)25(34)16-22-23(27)5-4-6-24(22)28/h4-10,18H,11-17H2,1-3H3,(H,29,35). The Morgan fingerprint density at radius 1 is 0.943 bits per heavy atom. The maximum atomic E-state index is 12.8. The number of piperazine rings is 1. The van der Waals surface area contributed by atoms with E-state index < -0.39 is 0 Å². The summed E-state index contributed by atoms with van der Waals surface area (Å²) >= 11 is 12.4. The molecule has 0 atom stereocenters. The second kappa shape index (κ2) is 12.3. The molecule has 0 spiro atoms. The van der Waals surface area contributed by atoms with E-state index in [0.717, 1.165) is 24.3 Å². The maximum absolute atomic E-state index is 12.8. The predicted octanol–water partition coefficient (Wildman–Crippen LogP) is 4.05. The molecule has 0 bridgehead atoms. The van der Waals surface area contributed by atoms with Crippen molar-refractivity contribution >= 4 is 46.6 Å². The molecule has 3 amide bonds. The molecule has 188 valence electrons. The van der Waals surface area contributed by atoms with Crippen LogP contribution < -0.4 is 10.2 Å². The molecule has 2 aromatic carbocycles. The van der Waals surface area contributed by atoms with Crippen molar-refractivity contribution < 1.29 is 14.4 Å². The highest BCUT2D eigenvalue weighted by Gasteiger charge is 2.23. The molecular formula is C26H32Cl2N4O3. The largest absolute Gasteiger partial charge is 0.368 e. The number of carbonyl (C=O) groups is 3. The van der Waals surface area contributed by atoms with Gasteiger partial charge in [0.25, 0.3) is 0 Å². The van der Waals surface area contributed by atoms with Gasteiger partial charge in [-0.2, -0.15) is 0 Å². The molecule has 0 aromatic heterocycles. The van der Waals surface area contributed by atoms with Crippen LogP contribution in [0.15, 0.2) is 42.5 Å². The molecule has 1 saturated heterocycles. The summed E-state index contributed by atoms with van der Waals surface area (Å²) in [5.74, 6) is -0.00883. The van der Waals surface area contributed by atoms with Gasteiger partial charge in [-0.05, 0) is 49.2 Å². The molecule has 9 heteroatoms. The van der Waals surface area contributed by atoms with Crippen LogP contribution in [-0.2, 0) is 22.4 Å². The maximum Gasteiger partial charge on any atom is 0.317 e. The van der Waals surface area contributed by atoms with Crippen LogP contribution in [0.4, 0.5) is 10.5 Å². The van der Waals surface area contributed by atoms with Crippen LogP contribution in [0.25, 0.3) is 0 Å². The van der Waals surface area contributed by atoms with Crippen LogP contribution in [-0.4, -0.2) is 73.3 Å². The first kappa shape index (κ1) is 26.8. The van der Waals surface area contributed by atoms with Crippen molar-refractivity contribution in [1.29, 1.82) is 0 Å². The lowest BCUT2D eigenvalue weighted by atomic mass is 10.1. The fraction of sp³-hybridized carbons (Fsp3) is 0.423. The van der Waals surface area contributed by atoms with E-state index in [2.05, 4.69) is 10.2 Å². The van der Waals surface area contributed by atoms with Crippen molar-refractivity contribution in [3.63, 3.8) is 0 Å². The molecule has 0 saturated carbocycles. The molecule has 7 nitrogen and oxygen atoms in total. The second-order valence-electron chi connectivity index (χ2n) is 9.09. The molecular weight excluding hydrogens is 487 g/mol. The number of rotatable bonds is 8. The summed E-state index contributed by atoms with van der Waals surface area (Å²) in [7, 11) is 1.62. The average Bonchev–Trinajstić information content (AvgIpc) is 2.81. The average molecular weight is 519 g/mol. The number of halogens is 2. The Kier molecular flexibility index (Phi) is 9.40. The Bertz CT molecular complexity index is 1030. The van der Waals surface area contributed by atoms with E-state index in [0.29, 0.717) is 28.7 Å². The van der Waals surface area contributed by atoms with Gasteiger partial charge in [-0.1, -0.05) is 41.4 Å². The van der Waals surface area contributed by atoms with Crippen LogP contribution >= 0.6 is 23.2 Å². The lowest BCUT2D eigenvalue weighted by Gasteiger charge is -2.36. The number of hydrogen-bond donors (Lipinski definition) is 1. The van der Waals surface area contributed by atoms with E-state index in [-0.39, 0.29) is 43.1 Å². The van der Waals surface area contributed by atoms with E-state index in [1.807, 2.05) is 43.0 Å². The van der Waals surface area contributed by atoms with Crippen molar-refractivity contribution in [3.05, 3.63) is 63.6 Å². The summed E-state index contributed by atoms with van der Waals surface area (Å²) in [6, 6.07) is 12.9. The lowest BCUT2D eigenvalue weighted by Crippen LogP contribution is -2.49. The van der Waals surface area contributed by atoms with Gasteiger partial charge in [0.2, 0.25) is 5.91 Å². The summed E-state index contributed by atoms with van der Waals surface area (Å²) in [5, 5.41) is 3.79. The third-order valence-corrected chi connectivity index (χ3v) is 6.61. The van der Waals surface area contributed by atoms with Gasteiger partial charge in [0.15, 0.2) is 5.78 Å². The molecule has 1 aliphatic rings. The first-order chi connectivity index (χ1) is 16.6. The topological polar surface area (TPSA) is 73.0 Å². The third-order valence-electron chi connectivity index (χ3n) is 5.90. The highest BCUT2D eigenvalue weighted by Crippen LogP contribution is 2.25. The van der Waals surface area contributed by atoms with E-state index in [1.165, 1.54) is 4.90 Å². The smallest absolute Gasteiger partial charge is 0.317 e. The molecule has 0 unspecified atom stereocenters. The minimum atomic E-state index is -0.253. The highest BCUT2D eigenvalue weighted by atomic mass is 35.5. The van der Waals surface area contributed by atoms with Crippen LogP contribution in [0.3, 0.4) is 0 Å². The highest BCUT2D eigenvalue weighted by molar-refractivity contribution is 6.36. The summed E-state index contributed by atoms with van der Waals surface area (Å²) in [5.41, 5.74) is 2.62. The zero-order chi connectivity index (χ0) is 25.5. The summed E-state index contributed by atoms with van der Waals surface area (Å²) in [6.45, 7) is 6.49. The Morgan fingerprint density at radius 3 is 2.11 bits per heavy atom. The first-order valence-electron chi connectivity index (χ1n) is 11.7. The number of carbonyl (C=O) groups excluding carboxylic acids is 3. The Labute approximate surface area is 217 Å². The number of urea groups is 1. The van der Waals surface area contributed by atoms with Gasteiger partial charge < -0.3 is 20.0 Å². The molecule has 1 N–H and O–H groups in total. The van der Waals surface area contributed by atoms with Gasteiger partial charge in [-0.15, -0.1) is 0 Å². The van der Waals surface area contributed by atoms with E-state index in [9.17, 15) is 14.4 Å². The van der Waals surface area contributed by atoms with Gasteiger partial charge >= 0.3 is 6.03 Å². The van der Waals surface area contributed by atoms with Crippen molar-refractivity contribution in [2.45, 2.75) is 32.7 Å². The monoisotopic (exact) mass is 518 g/mol. The number of amides is 3. The van der Waals surface area contributed by atoms with Gasteiger partial charge in [-0.25, -0.2) is 4.79 Å². The second-order valence-corrected chi connectivity index (χ2v) is 9.90. The number of likely N-dealkylation sites (N-methyl/N-ethyl adjacent to an activating group) is 1. The molecule has 2 aromatic rings. The summed E-state index contributed by atoms with van der Waals surface area (Å²) in [6.07, 6.45) is 0.460. The van der Waals surface area contributed by atoms with Crippen molar-refractivity contribution in [1.82, 2.24) is 15.1 Å². The lowest BCUT2D eigenvalue weighted by molar-refractivity contribution is -0.130. The van der Waals surface area contributed by atoms with E-state index in [4.69, 9.17) is 23.2 Å². The third kappa shape index (κ3) is 7.61. The molecule has 1 heterocycles. The van der Waals surface area contributed by atoms with Crippen LogP contribution in [0.2, 0.25) is 10.0 Å². The van der Waals surface area contributed by atoms with Crippen molar-refractivity contribution in [3.8, 4) is 0 Å². The molecule has 3 rings (SSSR count). The summed E-state index contributed by atoms with van der Waals surface area (Å²) < 4.78 is 0. The number of nitrogens with one attached hydrogen (secondary N) is 1. The molecule has 35 heavy (non-hydrogen) atoms. The minimum Gasteiger partial charge on any atom is -0.368 e. The number of Topliss-reactive ketones (excluding diaryl/α,β-unsaturated/α-hetero) is 1. The van der Waals surface area contributed by atoms with Crippen LogP contribution in [0, 0.1) is 0 Å². The van der Waals surface area contributed by atoms with Crippen LogP contribution in [0.5, 0.6) is 0 Å². The summed E-state index contributed by atoms with van der Waals surface area (Å²) in [4.78, 5) is 42.6. The Balaban J connectivity index is 1.48. The Hall–Kier alpha value is -2.77. The number of ketones is 1. The van der Waals surface area contributed by atoms with Gasteiger partial charge in [0, 0.05) is 61.4 Å². The van der Waals surface area contributed by atoms with E-state index >= 15 is 0 Å². The zero-order valence-corrected chi connectivity index (χ0v) is 21.9. The molecule has 1 fully saturated rings. The SMILES string of the molecule is CC(C)NC(=O)N(C)CC(=O)Cc1ccc(N2CCN(C(=O)Cc3c(Cl)cccc3Cl)CC2)cc1. The zero-order valence-electron chi connectivity index (χ0n) is 20.4. The fourth-order valence-corrected chi connectivity index (χ4v) is 4.51. The minimum absolute atomic E-state index is 0.0144. The van der Waals surface area contributed by atoms with Gasteiger partial charge in [-0.3, -0.25) is 9.59 Å². The van der Waals surface area contributed by atoms with Crippen molar-refractivity contribution in [2.24, 2.45) is 0 Å². The van der Waals surface area contributed by atoms with Gasteiger partial charge in [0.1, 0.15) is 0 Å². The van der Waals surface area contributed by atoms with Crippen LogP contribution in [0.1, 0.15) is 25.0 Å². The number of benzene rings is 2. The fourth-order valence-electron chi connectivity index (χ4n) is 3.98. The molecule has 0 radical (unpaired) electrons.